The molecule has 1 aliphatic heterocycles. The Labute approximate surface area is 77.3 Å². The van der Waals surface area contributed by atoms with E-state index in [2.05, 4.69) is 5.32 Å². The average Bonchev–Trinajstić information content (AvgIpc) is 2.07. The van der Waals surface area contributed by atoms with Gasteiger partial charge in [0.1, 0.15) is 0 Å². The molecular weight excluding hydrogens is 170 g/mol. The number of likely N-dealkylation sites (tertiary alicyclic amines) is 1. The first-order chi connectivity index (χ1) is 6.09. The second-order valence-corrected chi connectivity index (χ2v) is 3.36. The van der Waals surface area contributed by atoms with Gasteiger partial charge in [-0.15, -0.1) is 0 Å². The van der Waals surface area contributed by atoms with Crippen molar-refractivity contribution in [1.29, 1.82) is 0 Å². The lowest BCUT2D eigenvalue weighted by molar-refractivity contribution is -0.132. The molecule has 2 amide bonds. The van der Waals surface area contributed by atoms with E-state index in [9.17, 15) is 9.59 Å². The molecule has 1 aliphatic rings. The molecular formula is C8H15N3O2. The largest absolute Gasteiger partial charge is 0.369 e. The second-order valence-electron chi connectivity index (χ2n) is 3.36. The van der Waals surface area contributed by atoms with Crippen LogP contribution in [0.1, 0.15) is 12.8 Å². The van der Waals surface area contributed by atoms with Crippen molar-refractivity contribution in [3.8, 4) is 0 Å². The van der Waals surface area contributed by atoms with Crippen molar-refractivity contribution in [2.75, 3.05) is 20.1 Å². The third-order valence-electron chi connectivity index (χ3n) is 2.19. The van der Waals surface area contributed by atoms with Gasteiger partial charge in [-0.1, -0.05) is 0 Å². The van der Waals surface area contributed by atoms with Crippen molar-refractivity contribution in [2.45, 2.75) is 18.9 Å². The van der Waals surface area contributed by atoms with E-state index < -0.39 is 0 Å². The molecule has 5 heteroatoms. The van der Waals surface area contributed by atoms with Gasteiger partial charge in [0.15, 0.2) is 0 Å². The highest BCUT2D eigenvalue weighted by atomic mass is 16.2. The zero-order chi connectivity index (χ0) is 9.84. The van der Waals surface area contributed by atoms with Gasteiger partial charge in [0.2, 0.25) is 11.8 Å². The first-order valence-corrected chi connectivity index (χ1v) is 4.35. The molecule has 0 aromatic heterocycles. The van der Waals surface area contributed by atoms with E-state index in [-0.39, 0.29) is 24.4 Å². The van der Waals surface area contributed by atoms with E-state index >= 15 is 0 Å². The smallest absolute Gasteiger partial charge is 0.231 e. The molecule has 0 radical (unpaired) electrons. The molecule has 5 nitrogen and oxygen atoms in total. The predicted molar refractivity (Wildman–Crippen MR) is 47.9 cm³/mol. The topological polar surface area (TPSA) is 75.4 Å². The molecule has 3 N–H and O–H groups in total. The maximum atomic E-state index is 11.1. The number of amides is 2. The number of nitrogens with zero attached hydrogens (tertiary/aromatic N) is 1. The summed E-state index contributed by atoms with van der Waals surface area (Å²) in [6, 6.07) is 0.204. The van der Waals surface area contributed by atoms with E-state index in [0.29, 0.717) is 13.0 Å². The van der Waals surface area contributed by atoms with Gasteiger partial charge in [0, 0.05) is 26.1 Å². The highest BCUT2D eigenvalue weighted by molar-refractivity contribution is 5.77. The summed E-state index contributed by atoms with van der Waals surface area (Å²) in [7, 11) is 1.76. The lowest BCUT2D eigenvalue weighted by atomic mass is 10.1. The molecule has 1 heterocycles. The number of primary amides is 1. The number of hydrogen-bond acceptors (Lipinski definition) is 3. The zero-order valence-electron chi connectivity index (χ0n) is 7.75. The summed E-state index contributed by atoms with van der Waals surface area (Å²) < 4.78 is 0. The molecule has 1 atom stereocenters. The van der Waals surface area contributed by atoms with Crippen molar-refractivity contribution in [3.05, 3.63) is 0 Å². The molecule has 0 bridgehead atoms. The fourth-order valence-corrected chi connectivity index (χ4v) is 1.42. The Balaban J connectivity index is 2.29. The monoisotopic (exact) mass is 185 g/mol. The number of hydrogen-bond donors (Lipinski definition) is 2. The van der Waals surface area contributed by atoms with E-state index in [1.54, 1.807) is 11.9 Å². The van der Waals surface area contributed by atoms with Crippen molar-refractivity contribution >= 4 is 11.8 Å². The SMILES string of the molecule is CN1CC(NCC(N)=O)CCC1=O. The lowest BCUT2D eigenvalue weighted by Gasteiger charge is -2.29. The molecule has 1 rings (SSSR count). The minimum absolute atomic E-state index is 0.164. The van der Waals surface area contributed by atoms with Gasteiger partial charge < -0.3 is 16.0 Å². The van der Waals surface area contributed by atoms with E-state index in [1.807, 2.05) is 0 Å². The molecule has 13 heavy (non-hydrogen) atoms. The number of likely N-dealkylation sites (N-methyl/N-ethyl adjacent to an activating group) is 1. The first-order valence-electron chi connectivity index (χ1n) is 4.35. The molecule has 74 valence electrons. The molecule has 0 aromatic rings. The van der Waals surface area contributed by atoms with Gasteiger partial charge in [-0.05, 0) is 6.42 Å². The van der Waals surface area contributed by atoms with Crippen LogP contribution in [0.25, 0.3) is 0 Å². The van der Waals surface area contributed by atoms with Gasteiger partial charge in [0.25, 0.3) is 0 Å². The van der Waals surface area contributed by atoms with Crippen LogP contribution < -0.4 is 11.1 Å². The third kappa shape index (κ3) is 3.02. The second kappa shape index (κ2) is 4.23. The minimum Gasteiger partial charge on any atom is -0.369 e. The summed E-state index contributed by atoms with van der Waals surface area (Å²) in [5, 5.41) is 3.00. The molecule has 0 spiro atoms. The maximum Gasteiger partial charge on any atom is 0.231 e. The molecule has 1 fully saturated rings. The molecule has 0 saturated carbocycles. The Bertz CT molecular complexity index is 217. The number of carbonyl (C=O) groups is 2. The minimum atomic E-state index is -0.362. The van der Waals surface area contributed by atoms with Crippen LogP contribution in [0, 0.1) is 0 Å². The predicted octanol–water partition coefficient (Wildman–Crippen LogP) is -1.32. The highest BCUT2D eigenvalue weighted by Crippen LogP contribution is 2.08. The summed E-state index contributed by atoms with van der Waals surface area (Å²) in [5.41, 5.74) is 4.99. The summed E-state index contributed by atoms with van der Waals surface area (Å²) in [5.74, 6) is -0.198. The van der Waals surface area contributed by atoms with E-state index in [4.69, 9.17) is 5.73 Å². The Morgan fingerprint density at radius 2 is 2.46 bits per heavy atom. The van der Waals surface area contributed by atoms with Crippen LogP contribution in [-0.4, -0.2) is 42.9 Å². The van der Waals surface area contributed by atoms with Crippen molar-refractivity contribution in [1.82, 2.24) is 10.2 Å². The van der Waals surface area contributed by atoms with Crippen molar-refractivity contribution < 1.29 is 9.59 Å². The van der Waals surface area contributed by atoms with Gasteiger partial charge in [-0.3, -0.25) is 9.59 Å². The molecule has 0 aliphatic carbocycles. The van der Waals surface area contributed by atoms with Crippen LogP contribution in [0.15, 0.2) is 0 Å². The quantitative estimate of drug-likeness (QED) is 0.572. The van der Waals surface area contributed by atoms with Gasteiger partial charge in [0.05, 0.1) is 6.54 Å². The number of nitrogens with two attached hydrogens (primary N) is 1. The van der Waals surface area contributed by atoms with Gasteiger partial charge >= 0.3 is 0 Å². The summed E-state index contributed by atoms with van der Waals surface area (Å²) in [6.07, 6.45) is 1.34. The molecule has 1 saturated heterocycles. The number of rotatable bonds is 3. The summed E-state index contributed by atoms with van der Waals surface area (Å²) >= 11 is 0. The Kier molecular flexibility index (Phi) is 3.25. The Morgan fingerprint density at radius 1 is 1.77 bits per heavy atom. The number of nitrogens with one attached hydrogen (secondary N) is 1. The van der Waals surface area contributed by atoms with Crippen molar-refractivity contribution in [2.24, 2.45) is 5.73 Å². The van der Waals surface area contributed by atoms with E-state index in [0.717, 1.165) is 6.42 Å². The van der Waals surface area contributed by atoms with Crippen LogP contribution in [0.5, 0.6) is 0 Å². The van der Waals surface area contributed by atoms with Crippen LogP contribution in [0.2, 0.25) is 0 Å². The van der Waals surface area contributed by atoms with Gasteiger partial charge in [-0.2, -0.15) is 0 Å². The highest BCUT2D eigenvalue weighted by Gasteiger charge is 2.22. The maximum absolute atomic E-state index is 11.1. The summed E-state index contributed by atoms with van der Waals surface area (Å²) in [6.45, 7) is 0.846. The molecule has 1 unspecified atom stereocenters. The lowest BCUT2D eigenvalue weighted by Crippen LogP contribution is -2.48. The third-order valence-corrected chi connectivity index (χ3v) is 2.19. The summed E-state index contributed by atoms with van der Waals surface area (Å²) in [4.78, 5) is 23.2. The van der Waals surface area contributed by atoms with Crippen LogP contribution in [-0.2, 0) is 9.59 Å². The standard InChI is InChI=1S/C8H15N3O2/c1-11-5-6(2-3-8(11)13)10-4-7(9)12/h6,10H,2-5H2,1H3,(H2,9,12). The fraction of sp³-hybridized carbons (Fsp3) is 0.750. The van der Waals surface area contributed by atoms with Crippen LogP contribution in [0.4, 0.5) is 0 Å². The first kappa shape index (κ1) is 9.98. The Hall–Kier alpha value is -1.10. The number of piperidine rings is 1. The normalized spacial score (nSPS) is 23.3. The van der Waals surface area contributed by atoms with E-state index in [1.165, 1.54) is 0 Å². The fourth-order valence-electron chi connectivity index (χ4n) is 1.42. The average molecular weight is 185 g/mol. The van der Waals surface area contributed by atoms with Crippen LogP contribution in [0.3, 0.4) is 0 Å². The molecule has 0 aromatic carbocycles. The van der Waals surface area contributed by atoms with Crippen LogP contribution >= 0.6 is 0 Å². The van der Waals surface area contributed by atoms with Gasteiger partial charge in [-0.25, -0.2) is 0 Å². The zero-order valence-corrected chi connectivity index (χ0v) is 7.75. The van der Waals surface area contributed by atoms with Crippen molar-refractivity contribution in [3.63, 3.8) is 0 Å². The Morgan fingerprint density at radius 3 is 3.00 bits per heavy atom. The number of carbonyl (C=O) groups excluding carboxylic acids is 2.